The van der Waals surface area contributed by atoms with Crippen LogP contribution in [-0.2, 0) is 4.79 Å². The van der Waals surface area contributed by atoms with Crippen molar-refractivity contribution in [2.24, 2.45) is 11.3 Å². The zero-order chi connectivity index (χ0) is 8.48. The summed E-state index contributed by atoms with van der Waals surface area (Å²) < 4.78 is 0. The summed E-state index contributed by atoms with van der Waals surface area (Å²) in [6.45, 7) is 3.78. The van der Waals surface area contributed by atoms with Crippen molar-refractivity contribution in [3.63, 3.8) is 0 Å². The molecule has 2 atom stereocenters. The minimum absolute atomic E-state index is 0.161. The van der Waals surface area contributed by atoms with Gasteiger partial charge in [0.1, 0.15) is 0 Å². The SMILES string of the molecule is CC1C=CCCC1(C)C(=O)O. The van der Waals surface area contributed by atoms with E-state index < -0.39 is 11.4 Å². The number of aliphatic carboxylic acids is 1. The summed E-state index contributed by atoms with van der Waals surface area (Å²) in [5, 5.41) is 8.93. The number of allylic oxidation sites excluding steroid dienone is 2. The average Bonchev–Trinajstić information content (AvgIpc) is 1.95. The van der Waals surface area contributed by atoms with Crippen LogP contribution in [0.3, 0.4) is 0 Å². The maximum absolute atomic E-state index is 10.9. The maximum atomic E-state index is 10.9. The first kappa shape index (κ1) is 8.31. The highest BCUT2D eigenvalue weighted by atomic mass is 16.4. The Balaban J connectivity index is 2.85. The molecule has 62 valence electrons. The minimum atomic E-state index is -0.672. The molecule has 2 unspecified atom stereocenters. The molecule has 11 heavy (non-hydrogen) atoms. The molecular formula is C9H14O2. The van der Waals surface area contributed by atoms with E-state index in [9.17, 15) is 4.79 Å². The van der Waals surface area contributed by atoms with Crippen LogP contribution in [0.5, 0.6) is 0 Å². The molecule has 0 fully saturated rings. The normalized spacial score (nSPS) is 37.1. The summed E-state index contributed by atoms with van der Waals surface area (Å²) in [6, 6.07) is 0. The van der Waals surface area contributed by atoms with Crippen molar-refractivity contribution in [2.45, 2.75) is 26.7 Å². The molecule has 1 aliphatic carbocycles. The molecule has 0 amide bonds. The van der Waals surface area contributed by atoms with Gasteiger partial charge in [-0.1, -0.05) is 19.1 Å². The molecule has 0 radical (unpaired) electrons. The molecule has 0 aromatic heterocycles. The Labute approximate surface area is 66.9 Å². The van der Waals surface area contributed by atoms with Crippen molar-refractivity contribution in [1.82, 2.24) is 0 Å². The molecule has 0 aliphatic heterocycles. The van der Waals surface area contributed by atoms with E-state index in [0.717, 1.165) is 12.8 Å². The Bertz CT molecular complexity index is 196. The van der Waals surface area contributed by atoms with Gasteiger partial charge in [-0.25, -0.2) is 0 Å². The second-order valence-corrected chi connectivity index (χ2v) is 3.48. The van der Waals surface area contributed by atoms with Gasteiger partial charge < -0.3 is 5.11 Å². The van der Waals surface area contributed by atoms with Gasteiger partial charge in [0.05, 0.1) is 5.41 Å². The second-order valence-electron chi connectivity index (χ2n) is 3.48. The van der Waals surface area contributed by atoms with E-state index in [1.165, 1.54) is 0 Å². The highest BCUT2D eigenvalue weighted by Crippen LogP contribution is 2.37. The van der Waals surface area contributed by atoms with E-state index in [1.54, 1.807) is 0 Å². The van der Waals surface area contributed by atoms with Crippen LogP contribution in [0.1, 0.15) is 26.7 Å². The third-order valence-electron chi connectivity index (χ3n) is 2.75. The number of hydrogen-bond acceptors (Lipinski definition) is 1. The molecule has 2 heteroatoms. The molecule has 1 aliphatic rings. The van der Waals surface area contributed by atoms with Crippen LogP contribution in [0.15, 0.2) is 12.2 Å². The topological polar surface area (TPSA) is 37.3 Å². The van der Waals surface area contributed by atoms with Crippen molar-refractivity contribution in [3.05, 3.63) is 12.2 Å². The number of rotatable bonds is 1. The average molecular weight is 154 g/mol. The first-order chi connectivity index (χ1) is 5.07. The van der Waals surface area contributed by atoms with Crippen molar-refractivity contribution in [1.29, 1.82) is 0 Å². The van der Waals surface area contributed by atoms with Gasteiger partial charge in [0.15, 0.2) is 0 Å². The van der Waals surface area contributed by atoms with E-state index >= 15 is 0 Å². The summed E-state index contributed by atoms with van der Waals surface area (Å²) in [5.41, 5.74) is -0.533. The molecule has 0 aromatic carbocycles. The minimum Gasteiger partial charge on any atom is -0.481 e. The fraction of sp³-hybridized carbons (Fsp3) is 0.667. The van der Waals surface area contributed by atoms with Gasteiger partial charge in [0.25, 0.3) is 0 Å². The zero-order valence-electron chi connectivity index (χ0n) is 7.00. The fourth-order valence-electron chi connectivity index (χ4n) is 1.43. The summed E-state index contributed by atoms with van der Waals surface area (Å²) in [5.74, 6) is -0.511. The Morgan fingerprint density at radius 1 is 1.73 bits per heavy atom. The summed E-state index contributed by atoms with van der Waals surface area (Å²) in [4.78, 5) is 10.9. The summed E-state index contributed by atoms with van der Waals surface area (Å²) >= 11 is 0. The first-order valence-electron chi connectivity index (χ1n) is 3.97. The van der Waals surface area contributed by atoms with Gasteiger partial charge in [-0.3, -0.25) is 4.79 Å². The van der Waals surface area contributed by atoms with E-state index in [2.05, 4.69) is 6.08 Å². The number of hydrogen-bond donors (Lipinski definition) is 1. The van der Waals surface area contributed by atoms with Crippen molar-refractivity contribution in [3.8, 4) is 0 Å². The van der Waals surface area contributed by atoms with E-state index in [4.69, 9.17) is 5.11 Å². The number of carboxylic acid groups (broad SMARTS) is 1. The first-order valence-corrected chi connectivity index (χ1v) is 3.97. The van der Waals surface area contributed by atoms with Crippen molar-refractivity contribution < 1.29 is 9.90 Å². The third-order valence-corrected chi connectivity index (χ3v) is 2.75. The number of carbonyl (C=O) groups is 1. The second kappa shape index (κ2) is 2.68. The lowest BCUT2D eigenvalue weighted by molar-refractivity contribution is -0.150. The lowest BCUT2D eigenvalue weighted by atomic mass is 9.72. The van der Waals surface area contributed by atoms with Crippen LogP contribution in [-0.4, -0.2) is 11.1 Å². The molecule has 1 rings (SSSR count). The van der Waals surface area contributed by atoms with E-state index in [-0.39, 0.29) is 5.92 Å². The lowest BCUT2D eigenvalue weighted by Gasteiger charge is -2.31. The van der Waals surface area contributed by atoms with Crippen LogP contribution < -0.4 is 0 Å². The Kier molecular flexibility index (Phi) is 2.03. The summed E-state index contributed by atoms with van der Waals surface area (Å²) in [6.07, 6.45) is 5.72. The van der Waals surface area contributed by atoms with Crippen LogP contribution in [0.4, 0.5) is 0 Å². The van der Waals surface area contributed by atoms with Crippen molar-refractivity contribution >= 4 is 5.97 Å². The van der Waals surface area contributed by atoms with Crippen molar-refractivity contribution in [2.75, 3.05) is 0 Å². The van der Waals surface area contributed by atoms with Crippen LogP contribution in [0.25, 0.3) is 0 Å². The molecule has 0 saturated heterocycles. The molecule has 0 aromatic rings. The monoisotopic (exact) mass is 154 g/mol. The van der Waals surface area contributed by atoms with Crippen LogP contribution >= 0.6 is 0 Å². The van der Waals surface area contributed by atoms with E-state index in [0.29, 0.717) is 0 Å². The molecule has 1 N–H and O–H groups in total. The fourth-order valence-corrected chi connectivity index (χ4v) is 1.43. The smallest absolute Gasteiger partial charge is 0.309 e. The van der Waals surface area contributed by atoms with Crippen LogP contribution in [0, 0.1) is 11.3 Å². The zero-order valence-corrected chi connectivity index (χ0v) is 7.00. The molecule has 0 bridgehead atoms. The van der Waals surface area contributed by atoms with Gasteiger partial charge in [0.2, 0.25) is 0 Å². The Morgan fingerprint density at radius 3 is 2.73 bits per heavy atom. The predicted molar refractivity (Wildman–Crippen MR) is 43.3 cm³/mol. The van der Waals surface area contributed by atoms with E-state index in [1.807, 2.05) is 19.9 Å². The molecule has 0 saturated carbocycles. The Hall–Kier alpha value is -0.790. The largest absolute Gasteiger partial charge is 0.481 e. The highest BCUT2D eigenvalue weighted by Gasteiger charge is 2.38. The highest BCUT2D eigenvalue weighted by molar-refractivity contribution is 5.75. The van der Waals surface area contributed by atoms with Gasteiger partial charge in [-0.05, 0) is 25.7 Å². The van der Waals surface area contributed by atoms with Gasteiger partial charge in [-0.2, -0.15) is 0 Å². The van der Waals surface area contributed by atoms with Gasteiger partial charge in [-0.15, -0.1) is 0 Å². The van der Waals surface area contributed by atoms with Gasteiger partial charge in [0, 0.05) is 0 Å². The molecule has 0 spiro atoms. The standard InChI is InChI=1S/C9H14O2/c1-7-5-3-4-6-9(7,2)8(10)11/h3,5,7H,4,6H2,1-2H3,(H,10,11). The predicted octanol–water partition coefficient (Wildman–Crippen LogP) is 2.06. The van der Waals surface area contributed by atoms with Crippen LogP contribution in [0.2, 0.25) is 0 Å². The molecule has 2 nitrogen and oxygen atoms in total. The Morgan fingerprint density at radius 2 is 2.36 bits per heavy atom. The maximum Gasteiger partial charge on any atom is 0.309 e. The summed E-state index contributed by atoms with van der Waals surface area (Å²) in [7, 11) is 0. The van der Waals surface area contributed by atoms with Gasteiger partial charge >= 0.3 is 5.97 Å². The third kappa shape index (κ3) is 1.30. The quantitative estimate of drug-likeness (QED) is 0.587. The molecule has 0 heterocycles. The number of carboxylic acids is 1. The molecular weight excluding hydrogens is 140 g/mol. The lowest BCUT2D eigenvalue weighted by Crippen LogP contribution is -2.34.